The summed E-state index contributed by atoms with van der Waals surface area (Å²) in [5.74, 6) is 0.936. The van der Waals surface area contributed by atoms with Gasteiger partial charge in [-0.25, -0.2) is 13.1 Å². The molecule has 0 saturated carbocycles. The summed E-state index contributed by atoms with van der Waals surface area (Å²) in [6.07, 6.45) is 2.25. The van der Waals surface area contributed by atoms with Crippen LogP contribution >= 0.6 is 0 Å². The molecule has 3 heterocycles. The molecule has 6 nitrogen and oxygen atoms in total. The van der Waals surface area contributed by atoms with Gasteiger partial charge in [-0.05, 0) is 37.9 Å². The van der Waals surface area contributed by atoms with Crippen molar-refractivity contribution in [3.63, 3.8) is 0 Å². The van der Waals surface area contributed by atoms with Crippen LogP contribution in [0.5, 0.6) is 0 Å². The van der Waals surface area contributed by atoms with Gasteiger partial charge in [-0.15, -0.1) is 0 Å². The number of hydrogen-bond donors (Lipinski definition) is 1. The van der Waals surface area contributed by atoms with Crippen molar-refractivity contribution in [2.75, 3.05) is 32.5 Å². The van der Waals surface area contributed by atoms with Crippen molar-refractivity contribution in [1.82, 2.24) is 14.6 Å². The van der Waals surface area contributed by atoms with E-state index < -0.39 is 10.0 Å². The number of likely N-dealkylation sites (tertiary alicyclic amines) is 1. The Morgan fingerprint density at radius 1 is 1.43 bits per heavy atom. The first-order valence-electron chi connectivity index (χ1n) is 8.12. The first-order valence-corrected chi connectivity index (χ1v) is 10.0. The molecule has 2 fully saturated rings. The molecule has 0 aliphatic carbocycles. The highest BCUT2D eigenvalue weighted by Gasteiger charge is 2.40. The van der Waals surface area contributed by atoms with Gasteiger partial charge >= 0.3 is 0 Å². The smallest absolute Gasteiger partial charge is 0.208 e. The molecular formula is C16H25N3O3S. The second kappa shape index (κ2) is 6.84. The van der Waals surface area contributed by atoms with E-state index in [0.29, 0.717) is 18.4 Å². The second-order valence-corrected chi connectivity index (χ2v) is 8.54. The van der Waals surface area contributed by atoms with Gasteiger partial charge in [0.25, 0.3) is 0 Å². The number of pyridine rings is 1. The second-order valence-electron chi connectivity index (χ2n) is 6.71. The minimum atomic E-state index is -3.15. The summed E-state index contributed by atoms with van der Waals surface area (Å²) in [5, 5.41) is 0. The number of sulfonamides is 1. The van der Waals surface area contributed by atoms with Crippen LogP contribution in [0.25, 0.3) is 0 Å². The number of aryl methyl sites for hydroxylation is 1. The molecule has 23 heavy (non-hydrogen) atoms. The van der Waals surface area contributed by atoms with Crippen molar-refractivity contribution < 1.29 is 13.2 Å². The van der Waals surface area contributed by atoms with Gasteiger partial charge < -0.3 is 4.74 Å². The van der Waals surface area contributed by atoms with Crippen LogP contribution in [-0.2, 0) is 21.3 Å². The van der Waals surface area contributed by atoms with E-state index in [9.17, 15) is 8.42 Å². The number of nitrogens with zero attached hydrogens (tertiary/aromatic N) is 2. The van der Waals surface area contributed by atoms with Gasteiger partial charge in [0.2, 0.25) is 10.0 Å². The summed E-state index contributed by atoms with van der Waals surface area (Å²) in [6, 6.07) is 6.14. The molecule has 0 radical (unpaired) electrons. The molecule has 7 heteroatoms. The lowest BCUT2D eigenvalue weighted by Gasteiger charge is -2.35. The van der Waals surface area contributed by atoms with Crippen LogP contribution < -0.4 is 4.72 Å². The van der Waals surface area contributed by atoms with E-state index in [-0.39, 0.29) is 6.10 Å². The Labute approximate surface area is 138 Å². The molecule has 1 N–H and O–H groups in total. The molecule has 1 aromatic heterocycles. The van der Waals surface area contributed by atoms with Crippen molar-refractivity contribution in [2.24, 2.45) is 11.8 Å². The molecular weight excluding hydrogens is 314 g/mol. The normalized spacial score (nSPS) is 28.7. The highest BCUT2D eigenvalue weighted by atomic mass is 32.2. The summed E-state index contributed by atoms with van der Waals surface area (Å²) >= 11 is 0. The fraction of sp³-hybridized carbons (Fsp3) is 0.688. The van der Waals surface area contributed by atoms with Crippen LogP contribution in [0, 0.1) is 18.8 Å². The number of rotatable bonds is 5. The quantitative estimate of drug-likeness (QED) is 0.858. The molecule has 0 amide bonds. The van der Waals surface area contributed by atoms with Gasteiger partial charge in [-0.2, -0.15) is 0 Å². The maximum atomic E-state index is 11.2. The summed E-state index contributed by atoms with van der Waals surface area (Å²) in [7, 11) is -3.15. The Morgan fingerprint density at radius 3 is 3.00 bits per heavy atom. The number of ether oxygens (including phenoxy) is 1. The van der Waals surface area contributed by atoms with Gasteiger partial charge in [-0.1, -0.05) is 6.07 Å². The molecule has 0 bridgehead atoms. The molecule has 2 aliphatic heterocycles. The number of aromatic nitrogens is 1. The Hall–Kier alpha value is -1.02. The number of nitrogens with one attached hydrogen (secondary N) is 1. The summed E-state index contributed by atoms with van der Waals surface area (Å²) in [5.41, 5.74) is 2.16. The number of hydrogen-bond acceptors (Lipinski definition) is 5. The van der Waals surface area contributed by atoms with Crippen molar-refractivity contribution in [1.29, 1.82) is 0 Å². The van der Waals surface area contributed by atoms with Crippen LogP contribution in [0.15, 0.2) is 18.2 Å². The van der Waals surface area contributed by atoms with Crippen LogP contribution in [0.4, 0.5) is 0 Å². The average molecular weight is 339 g/mol. The van der Waals surface area contributed by atoms with Crippen molar-refractivity contribution in [3.05, 3.63) is 29.6 Å². The minimum Gasteiger partial charge on any atom is -0.376 e. The van der Waals surface area contributed by atoms with E-state index in [0.717, 1.165) is 44.0 Å². The lowest BCUT2D eigenvalue weighted by atomic mass is 9.84. The van der Waals surface area contributed by atoms with E-state index in [1.54, 1.807) is 0 Å². The van der Waals surface area contributed by atoms with E-state index in [2.05, 4.69) is 26.7 Å². The monoisotopic (exact) mass is 339 g/mol. The highest BCUT2D eigenvalue weighted by Crippen LogP contribution is 2.34. The molecule has 2 aliphatic rings. The lowest BCUT2D eigenvalue weighted by molar-refractivity contribution is 0.0884. The SMILES string of the molecule is Cc1cccc(CN2CC[C@@H]3[C@@H](CO[C@@H]3CNS(C)(=O)=O)C2)n1. The lowest BCUT2D eigenvalue weighted by Crippen LogP contribution is -2.43. The van der Waals surface area contributed by atoms with Crippen LogP contribution in [0.2, 0.25) is 0 Å². The molecule has 0 unspecified atom stereocenters. The van der Waals surface area contributed by atoms with Gasteiger partial charge in [-0.3, -0.25) is 9.88 Å². The molecule has 3 rings (SSSR count). The predicted octanol–water partition coefficient (Wildman–Crippen LogP) is 0.776. The summed E-state index contributed by atoms with van der Waals surface area (Å²) in [6.45, 7) is 6.00. The number of piperidine rings is 1. The van der Waals surface area contributed by atoms with Crippen molar-refractivity contribution >= 4 is 10.0 Å². The maximum absolute atomic E-state index is 11.2. The summed E-state index contributed by atoms with van der Waals surface area (Å²) in [4.78, 5) is 7.00. The first kappa shape index (κ1) is 16.8. The number of fused-ring (bicyclic) bond motifs is 1. The first-order chi connectivity index (χ1) is 10.9. The average Bonchev–Trinajstić information content (AvgIpc) is 2.87. The van der Waals surface area contributed by atoms with Gasteiger partial charge in [0.05, 0.1) is 24.7 Å². The molecule has 0 aromatic carbocycles. The van der Waals surface area contributed by atoms with Crippen molar-refractivity contribution in [2.45, 2.75) is 26.0 Å². The zero-order valence-corrected chi connectivity index (χ0v) is 14.6. The highest BCUT2D eigenvalue weighted by molar-refractivity contribution is 7.88. The minimum absolute atomic E-state index is 0.00831. The van der Waals surface area contributed by atoms with Gasteiger partial charge in [0.15, 0.2) is 0 Å². The Balaban J connectivity index is 1.54. The Kier molecular flexibility index (Phi) is 5.01. The van der Waals surface area contributed by atoms with Crippen LogP contribution in [0.3, 0.4) is 0 Å². The molecule has 3 atom stereocenters. The third kappa shape index (κ3) is 4.50. The molecule has 2 saturated heterocycles. The molecule has 1 aromatic rings. The fourth-order valence-corrected chi connectivity index (χ4v) is 4.13. The van der Waals surface area contributed by atoms with Gasteiger partial charge in [0, 0.05) is 31.2 Å². The van der Waals surface area contributed by atoms with Crippen molar-refractivity contribution in [3.8, 4) is 0 Å². The maximum Gasteiger partial charge on any atom is 0.208 e. The Morgan fingerprint density at radius 2 is 2.26 bits per heavy atom. The predicted molar refractivity (Wildman–Crippen MR) is 88.4 cm³/mol. The zero-order valence-electron chi connectivity index (χ0n) is 13.7. The van der Waals surface area contributed by atoms with Gasteiger partial charge in [0.1, 0.15) is 0 Å². The Bertz CT molecular complexity index is 650. The van der Waals surface area contributed by atoms with E-state index in [4.69, 9.17) is 4.74 Å². The topological polar surface area (TPSA) is 71.5 Å². The molecule has 128 valence electrons. The fourth-order valence-electron chi connectivity index (χ4n) is 3.67. The third-order valence-corrected chi connectivity index (χ3v) is 5.45. The zero-order chi connectivity index (χ0) is 16.4. The largest absolute Gasteiger partial charge is 0.376 e. The third-order valence-electron chi connectivity index (χ3n) is 4.76. The van der Waals surface area contributed by atoms with Crippen LogP contribution in [0.1, 0.15) is 17.8 Å². The van der Waals surface area contributed by atoms with E-state index in [1.165, 1.54) is 6.26 Å². The summed E-state index contributed by atoms with van der Waals surface area (Å²) < 4.78 is 30.9. The van der Waals surface area contributed by atoms with Crippen LogP contribution in [-0.4, -0.2) is 56.9 Å². The molecule has 0 spiro atoms. The van der Waals surface area contributed by atoms with E-state index in [1.807, 2.05) is 13.0 Å². The van der Waals surface area contributed by atoms with E-state index >= 15 is 0 Å². The standard InChI is InChI=1S/C16H25N3O3S/c1-12-4-3-5-14(18-12)10-19-7-6-15-13(9-19)11-22-16(15)8-17-23(2,20)21/h3-5,13,15-17H,6-11H2,1-2H3/t13-,15-,16-/m1/s1.